The molecule has 1 aromatic heterocycles. The van der Waals surface area contributed by atoms with Gasteiger partial charge in [-0.1, -0.05) is 22.0 Å². The quantitative estimate of drug-likeness (QED) is 0.702. The minimum absolute atomic E-state index is 0. The second-order valence-electron chi connectivity index (χ2n) is 6.00. The smallest absolute Gasteiger partial charge is 0.257 e. The molecule has 0 saturated heterocycles. The van der Waals surface area contributed by atoms with Crippen LogP contribution in [0.25, 0.3) is 0 Å². The SMILES string of the molecule is Cl.Cl.NC1CCC(NC(=O)c2cccnc2Oc2cccc(Br)c2)CC1. The maximum Gasteiger partial charge on any atom is 0.257 e. The molecule has 0 unspecified atom stereocenters. The number of hydrogen-bond donors (Lipinski definition) is 2. The van der Waals surface area contributed by atoms with Crippen LogP contribution in [0.3, 0.4) is 0 Å². The van der Waals surface area contributed by atoms with Crippen molar-refractivity contribution >= 4 is 46.7 Å². The number of nitrogens with one attached hydrogen (secondary N) is 1. The fraction of sp³-hybridized carbons (Fsp3) is 0.333. The molecule has 0 spiro atoms. The highest BCUT2D eigenvalue weighted by Crippen LogP contribution is 2.26. The Balaban J connectivity index is 0.00000169. The normalized spacial score (nSPS) is 18.8. The molecule has 0 radical (unpaired) electrons. The van der Waals surface area contributed by atoms with Crippen LogP contribution in [0, 0.1) is 0 Å². The summed E-state index contributed by atoms with van der Waals surface area (Å²) in [6, 6.07) is 11.3. The van der Waals surface area contributed by atoms with Crippen molar-refractivity contribution in [2.45, 2.75) is 37.8 Å². The molecular formula is C18H22BrCl2N3O2. The Morgan fingerprint density at radius 1 is 1.15 bits per heavy atom. The van der Waals surface area contributed by atoms with Gasteiger partial charge in [0.1, 0.15) is 11.3 Å². The second kappa shape index (κ2) is 10.7. The lowest BCUT2D eigenvalue weighted by atomic mass is 9.91. The Labute approximate surface area is 174 Å². The third kappa shape index (κ3) is 6.13. The van der Waals surface area contributed by atoms with Crippen LogP contribution in [-0.4, -0.2) is 23.0 Å². The molecule has 3 N–H and O–H groups in total. The van der Waals surface area contributed by atoms with Gasteiger partial charge < -0.3 is 15.8 Å². The van der Waals surface area contributed by atoms with Gasteiger partial charge in [0.05, 0.1) is 0 Å². The van der Waals surface area contributed by atoms with Gasteiger partial charge in [0.2, 0.25) is 5.88 Å². The molecule has 1 amide bonds. The average molecular weight is 463 g/mol. The topological polar surface area (TPSA) is 77.2 Å². The standard InChI is InChI=1S/C18H20BrN3O2.2ClH/c19-12-3-1-4-15(11-12)24-18-16(5-2-10-21-18)17(23)22-14-8-6-13(20)7-9-14;;/h1-5,10-11,13-14H,6-9,20H2,(H,22,23);2*1H. The van der Waals surface area contributed by atoms with E-state index in [0.717, 1.165) is 30.2 Å². The maximum absolute atomic E-state index is 12.6. The van der Waals surface area contributed by atoms with Crippen LogP contribution >= 0.6 is 40.7 Å². The number of nitrogens with two attached hydrogens (primary N) is 1. The molecule has 0 aliphatic heterocycles. The fourth-order valence-electron chi connectivity index (χ4n) is 2.81. The van der Waals surface area contributed by atoms with Gasteiger partial charge in [-0.2, -0.15) is 0 Å². The van der Waals surface area contributed by atoms with Gasteiger partial charge in [-0.05, 0) is 56.0 Å². The van der Waals surface area contributed by atoms with Gasteiger partial charge in [-0.3, -0.25) is 4.79 Å². The number of carbonyl (C=O) groups excluding carboxylic acids is 1. The number of aromatic nitrogens is 1. The third-order valence-corrected chi connectivity index (χ3v) is 4.63. The highest BCUT2D eigenvalue weighted by Gasteiger charge is 2.22. The van der Waals surface area contributed by atoms with E-state index in [9.17, 15) is 4.79 Å². The minimum Gasteiger partial charge on any atom is -0.438 e. The molecule has 1 aromatic carbocycles. The number of hydrogen-bond acceptors (Lipinski definition) is 4. The van der Waals surface area contributed by atoms with E-state index in [1.165, 1.54) is 0 Å². The highest BCUT2D eigenvalue weighted by molar-refractivity contribution is 9.10. The van der Waals surface area contributed by atoms with Gasteiger partial charge in [0, 0.05) is 22.8 Å². The largest absolute Gasteiger partial charge is 0.438 e. The zero-order chi connectivity index (χ0) is 16.9. The molecule has 1 aliphatic carbocycles. The van der Waals surface area contributed by atoms with Crippen LogP contribution in [-0.2, 0) is 0 Å². The molecule has 2 aromatic rings. The van der Waals surface area contributed by atoms with Crippen molar-refractivity contribution in [2.75, 3.05) is 0 Å². The van der Waals surface area contributed by atoms with Crippen molar-refractivity contribution in [2.24, 2.45) is 5.73 Å². The number of pyridine rings is 1. The fourth-order valence-corrected chi connectivity index (χ4v) is 3.19. The number of amides is 1. The van der Waals surface area contributed by atoms with Gasteiger partial charge in [-0.25, -0.2) is 4.98 Å². The van der Waals surface area contributed by atoms with Crippen LogP contribution < -0.4 is 15.8 Å². The molecule has 1 saturated carbocycles. The van der Waals surface area contributed by atoms with E-state index >= 15 is 0 Å². The van der Waals surface area contributed by atoms with E-state index in [1.807, 2.05) is 24.3 Å². The monoisotopic (exact) mass is 461 g/mol. The van der Waals surface area contributed by atoms with E-state index in [-0.39, 0.29) is 42.8 Å². The van der Waals surface area contributed by atoms with Crippen molar-refractivity contribution < 1.29 is 9.53 Å². The number of nitrogens with zero attached hydrogens (tertiary/aromatic N) is 1. The summed E-state index contributed by atoms with van der Waals surface area (Å²) in [7, 11) is 0. The number of carbonyl (C=O) groups is 1. The Kier molecular flexibility index (Phi) is 9.36. The first-order valence-electron chi connectivity index (χ1n) is 8.06. The Morgan fingerprint density at radius 2 is 1.88 bits per heavy atom. The van der Waals surface area contributed by atoms with Crippen LogP contribution in [0.5, 0.6) is 11.6 Å². The summed E-state index contributed by atoms with van der Waals surface area (Å²) in [5.74, 6) is 0.773. The summed E-state index contributed by atoms with van der Waals surface area (Å²) < 4.78 is 6.70. The van der Waals surface area contributed by atoms with Crippen LogP contribution in [0.2, 0.25) is 0 Å². The van der Waals surface area contributed by atoms with Crippen molar-refractivity contribution in [1.29, 1.82) is 0 Å². The van der Waals surface area contributed by atoms with Gasteiger partial charge in [0.25, 0.3) is 5.91 Å². The zero-order valence-corrected chi connectivity index (χ0v) is 17.3. The second-order valence-corrected chi connectivity index (χ2v) is 6.92. The maximum atomic E-state index is 12.6. The summed E-state index contributed by atoms with van der Waals surface area (Å²) >= 11 is 3.40. The first-order chi connectivity index (χ1) is 11.6. The lowest BCUT2D eigenvalue weighted by Gasteiger charge is -2.26. The number of benzene rings is 1. The molecule has 5 nitrogen and oxygen atoms in total. The average Bonchev–Trinajstić information content (AvgIpc) is 2.57. The first kappa shape index (κ1) is 22.7. The van der Waals surface area contributed by atoms with Gasteiger partial charge in [-0.15, -0.1) is 24.8 Å². The van der Waals surface area contributed by atoms with Crippen molar-refractivity contribution in [1.82, 2.24) is 10.3 Å². The van der Waals surface area contributed by atoms with E-state index in [1.54, 1.807) is 18.3 Å². The summed E-state index contributed by atoms with van der Waals surface area (Å²) in [4.78, 5) is 16.8. The molecule has 142 valence electrons. The summed E-state index contributed by atoms with van der Waals surface area (Å²) in [5.41, 5.74) is 6.35. The van der Waals surface area contributed by atoms with E-state index in [4.69, 9.17) is 10.5 Å². The van der Waals surface area contributed by atoms with E-state index < -0.39 is 0 Å². The number of ether oxygens (including phenoxy) is 1. The molecule has 1 heterocycles. The van der Waals surface area contributed by atoms with E-state index in [0.29, 0.717) is 17.2 Å². The predicted octanol–water partition coefficient (Wildman–Crippen LogP) is 4.48. The van der Waals surface area contributed by atoms with Crippen molar-refractivity contribution in [3.8, 4) is 11.6 Å². The Bertz CT molecular complexity index is 725. The van der Waals surface area contributed by atoms with E-state index in [2.05, 4.69) is 26.2 Å². The lowest BCUT2D eigenvalue weighted by molar-refractivity contribution is 0.0923. The van der Waals surface area contributed by atoms with Crippen molar-refractivity contribution in [3.05, 3.63) is 52.6 Å². The summed E-state index contributed by atoms with van der Waals surface area (Å²) in [5, 5.41) is 3.07. The molecule has 1 fully saturated rings. The summed E-state index contributed by atoms with van der Waals surface area (Å²) in [6.07, 6.45) is 5.33. The van der Waals surface area contributed by atoms with Gasteiger partial charge >= 0.3 is 0 Å². The zero-order valence-electron chi connectivity index (χ0n) is 14.1. The molecule has 0 atom stereocenters. The highest BCUT2D eigenvalue weighted by atomic mass is 79.9. The molecular weight excluding hydrogens is 441 g/mol. The molecule has 26 heavy (non-hydrogen) atoms. The Morgan fingerprint density at radius 3 is 2.58 bits per heavy atom. The molecule has 8 heteroatoms. The predicted molar refractivity (Wildman–Crippen MR) is 111 cm³/mol. The van der Waals surface area contributed by atoms with Crippen molar-refractivity contribution in [3.63, 3.8) is 0 Å². The first-order valence-corrected chi connectivity index (χ1v) is 8.86. The van der Waals surface area contributed by atoms with Crippen LogP contribution in [0.4, 0.5) is 0 Å². The molecule has 1 aliphatic rings. The minimum atomic E-state index is -0.159. The third-order valence-electron chi connectivity index (χ3n) is 4.13. The number of halogens is 3. The molecule has 3 rings (SSSR count). The summed E-state index contributed by atoms with van der Waals surface area (Å²) in [6.45, 7) is 0. The molecule has 0 bridgehead atoms. The van der Waals surface area contributed by atoms with Gasteiger partial charge in [0.15, 0.2) is 0 Å². The number of rotatable bonds is 4. The van der Waals surface area contributed by atoms with Crippen LogP contribution in [0.1, 0.15) is 36.0 Å². The lowest BCUT2D eigenvalue weighted by Crippen LogP contribution is -2.40. The van der Waals surface area contributed by atoms with Crippen LogP contribution in [0.15, 0.2) is 47.1 Å². The Hall–Kier alpha value is -1.34.